The second kappa shape index (κ2) is 15.0. The van der Waals surface area contributed by atoms with E-state index in [1.165, 1.54) is 13.5 Å². The topological polar surface area (TPSA) is 116 Å². The average molecular weight is 601 g/mol. The Labute approximate surface area is 259 Å². The Hall–Kier alpha value is -4.18. The molecule has 5 rings (SSSR count). The minimum atomic E-state index is -0.431. The van der Waals surface area contributed by atoms with Gasteiger partial charge in [0.1, 0.15) is 17.1 Å². The number of nitrogens with two attached hydrogens (primary N) is 1. The number of benzene rings is 2. The summed E-state index contributed by atoms with van der Waals surface area (Å²) in [4.78, 5) is 39.0. The molecule has 1 saturated heterocycles. The fourth-order valence-electron chi connectivity index (χ4n) is 5.90. The van der Waals surface area contributed by atoms with Gasteiger partial charge < -0.3 is 24.7 Å². The van der Waals surface area contributed by atoms with E-state index < -0.39 is 5.97 Å². The third-order valence-corrected chi connectivity index (χ3v) is 8.29. The molecule has 3 heterocycles. The van der Waals surface area contributed by atoms with Crippen LogP contribution in [0.25, 0.3) is 21.9 Å². The molecule has 1 aliphatic rings. The number of carbonyl (C=O) groups excluding carboxylic acids is 2. The summed E-state index contributed by atoms with van der Waals surface area (Å²) in [5.74, 6) is 1.75. The van der Waals surface area contributed by atoms with Crippen LogP contribution in [0.2, 0.25) is 0 Å². The number of ether oxygens (including phenoxy) is 2. The van der Waals surface area contributed by atoms with Crippen molar-refractivity contribution < 1.29 is 19.1 Å². The van der Waals surface area contributed by atoms with E-state index in [1.807, 2.05) is 47.4 Å². The normalized spacial score (nSPS) is 13.8. The Morgan fingerprint density at radius 2 is 1.77 bits per heavy atom. The maximum atomic E-state index is 13.7. The molecule has 2 N–H and O–H groups in total. The zero-order chi connectivity index (χ0) is 30.9. The number of amides is 1. The van der Waals surface area contributed by atoms with Crippen LogP contribution in [0.5, 0.6) is 5.75 Å². The third kappa shape index (κ3) is 7.66. The number of rotatable bonds is 14. The summed E-state index contributed by atoms with van der Waals surface area (Å²) >= 11 is 0. The number of nitrogens with zero attached hydrogens (tertiary/aromatic N) is 5. The molecule has 0 aliphatic carbocycles. The second-order valence-corrected chi connectivity index (χ2v) is 11.5. The highest BCUT2D eigenvalue weighted by molar-refractivity contribution is 6.06. The van der Waals surface area contributed by atoms with E-state index in [-0.39, 0.29) is 12.5 Å². The summed E-state index contributed by atoms with van der Waals surface area (Å²) in [6, 6.07) is 15.6. The number of piperidine rings is 1. The third-order valence-electron chi connectivity index (χ3n) is 8.29. The van der Waals surface area contributed by atoms with E-state index in [0.717, 1.165) is 91.5 Å². The molecule has 2 aromatic carbocycles. The van der Waals surface area contributed by atoms with Crippen molar-refractivity contribution in [3.63, 3.8) is 0 Å². The Morgan fingerprint density at radius 3 is 2.52 bits per heavy atom. The molecular weight excluding hydrogens is 556 g/mol. The molecule has 1 amide bonds. The van der Waals surface area contributed by atoms with Crippen LogP contribution in [0, 0.1) is 0 Å². The van der Waals surface area contributed by atoms with Crippen LogP contribution in [0.3, 0.4) is 0 Å². The number of imidazole rings is 1. The van der Waals surface area contributed by atoms with Crippen LogP contribution in [0.1, 0.15) is 56.8 Å². The van der Waals surface area contributed by atoms with Crippen LogP contribution in [0.4, 0.5) is 5.82 Å². The van der Waals surface area contributed by atoms with Gasteiger partial charge in [-0.25, -0.2) is 14.8 Å². The molecule has 0 saturated carbocycles. The number of fused-ring (bicyclic) bond motifs is 3. The minimum Gasteiger partial charge on any atom is -0.482 e. The number of methoxy groups -OCH3 is 1. The molecule has 1 aliphatic heterocycles. The molecule has 0 spiro atoms. The number of esters is 1. The molecule has 44 heavy (non-hydrogen) atoms. The van der Waals surface area contributed by atoms with Gasteiger partial charge in [0.2, 0.25) is 5.91 Å². The highest BCUT2D eigenvalue weighted by Crippen LogP contribution is 2.29. The molecule has 0 unspecified atom stereocenters. The first kappa shape index (κ1) is 31.3. The van der Waals surface area contributed by atoms with Gasteiger partial charge in [0, 0.05) is 31.4 Å². The Kier molecular flexibility index (Phi) is 10.7. The zero-order valence-electron chi connectivity index (χ0n) is 26.0. The van der Waals surface area contributed by atoms with Crippen molar-refractivity contribution in [2.75, 3.05) is 45.6 Å². The molecule has 1 fully saturated rings. The summed E-state index contributed by atoms with van der Waals surface area (Å²) < 4.78 is 12.5. The number of anilines is 1. The lowest BCUT2D eigenvalue weighted by atomic mass is 10.1. The summed E-state index contributed by atoms with van der Waals surface area (Å²) in [6.07, 6.45) is 7.25. The predicted molar refractivity (Wildman–Crippen MR) is 172 cm³/mol. The second-order valence-electron chi connectivity index (χ2n) is 11.5. The first-order valence-electron chi connectivity index (χ1n) is 15.8. The minimum absolute atomic E-state index is 0.138. The van der Waals surface area contributed by atoms with Gasteiger partial charge >= 0.3 is 5.97 Å². The maximum Gasteiger partial charge on any atom is 0.343 e. The van der Waals surface area contributed by atoms with Crippen molar-refractivity contribution in [2.24, 2.45) is 0 Å². The lowest BCUT2D eigenvalue weighted by Crippen LogP contribution is -2.42. The molecule has 0 radical (unpaired) electrons. The summed E-state index contributed by atoms with van der Waals surface area (Å²) in [5, 5.41) is 1.04. The highest BCUT2D eigenvalue weighted by atomic mass is 16.6. The number of para-hydroxylation sites is 1. The zero-order valence-corrected chi connectivity index (χ0v) is 26.0. The van der Waals surface area contributed by atoms with Gasteiger partial charge in [-0.15, -0.1) is 0 Å². The van der Waals surface area contributed by atoms with Gasteiger partial charge in [0.15, 0.2) is 12.4 Å². The van der Waals surface area contributed by atoms with Crippen molar-refractivity contribution in [1.82, 2.24) is 24.3 Å². The number of carbonyl (C=O) groups is 2. The number of hydrogen-bond donors (Lipinski definition) is 1. The van der Waals surface area contributed by atoms with Gasteiger partial charge in [-0.05, 0) is 62.5 Å². The van der Waals surface area contributed by atoms with Gasteiger partial charge in [0.05, 0.1) is 24.7 Å². The van der Waals surface area contributed by atoms with Gasteiger partial charge in [-0.2, -0.15) is 0 Å². The van der Waals surface area contributed by atoms with Crippen molar-refractivity contribution in [1.29, 1.82) is 0 Å². The smallest absolute Gasteiger partial charge is 0.343 e. The van der Waals surface area contributed by atoms with Crippen molar-refractivity contribution >= 4 is 39.6 Å². The summed E-state index contributed by atoms with van der Waals surface area (Å²) in [5.41, 5.74) is 10.0. The van der Waals surface area contributed by atoms with Crippen LogP contribution >= 0.6 is 0 Å². The maximum absolute atomic E-state index is 13.7. The van der Waals surface area contributed by atoms with Crippen LogP contribution < -0.4 is 10.5 Å². The lowest BCUT2D eigenvalue weighted by molar-refractivity contribution is -0.143. The molecular formula is C34H44N6O4. The van der Waals surface area contributed by atoms with Crippen molar-refractivity contribution in [3.05, 3.63) is 59.9 Å². The standard InChI is InChI=1S/C34H44N6O4/c1-3-4-13-29-37-32-33(27-11-6-7-12-28(27)36-34(32)35)40(29)21-10-20-39(30(41)23-38-18-8-5-9-19-38)22-25-14-16-26(17-15-25)44-24-31(42)43-2/h6-7,11-12,14-17H,3-5,8-10,13,18-24H2,1-2H3,(H2,35,36). The summed E-state index contributed by atoms with van der Waals surface area (Å²) in [7, 11) is 1.33. The average Bonchev–Trinajstić information content (AvgIpc) is 3.42. The van der Waals surface area contributed by atoms with Gasteiger partial charge in [0.25, 0.3) is 0 Å². The Morgan fingerprint density at radius 1 is 1.00 bits per heavy atom. The SMILES string of the molecule is CCCCc1nc2c(N)nc3ccccc3c2n1CCCN(Cc1ccc(OCC(=O)OC)cc1)C(=O)CN1CCCCC1. The first-order chi connectivity index (χ1) is 21.5. The molecule has 0 atom stereocenters. The molecule has 10 heteroatoms. The van der Waals surface area contributed by atoms with E-state index in [9.17, 15) is 9.59 Å². The van der Waals surface area contributed by atoms with E-state index in [2.05, 4.69) is 32.2 Å². The highest BCUT2D eigenvalue weighted by Gasteiger charge is 2.21. The van der Waals surface area contributed by atoms with E-state index in [0.29, 0.717) is 31.2 Å². The van der Waals surface area contributed by atoms with Crippen molar-refractivity contribution in [3.8, 4) is 5.75 Å². The number of unbranched alkanes of at least 4 members (excludes halogenated alkanes) is 1. The first-order valence-corrected chi connectivity index (χ1v) is 15.8. The monoisotopic (exact) mass is 600 g/mol. The van der Waals surface area contributed by atoms with Crippen LogP contribution in [-0.4, -0.2) is 76.1 Å². The Bertz CT molecular complexity index is 1560. The lowest BCUT2D eigenvalue weighted by Gasteiger charge is -2.30. The number of nitrogen functional groups attached to an aromatic ring is 1. The predicted octanol–water partition coefficient (Wildman–Crippen LogP) is 4.97. The number of hydrogen-bond acceptors (Lipinski definition) is 8. The van der Waals surface area contributed by atoms with Crippen LogP contribution in [0.15, 0.2) is 48.5 Å². The van der Waals surface area contributed by atoms with E-state index >= 15 is 0 Å². The molecule has 2 aromatic heterocycles. The largest absolute Gasteiger partial charge is 0.482 e. The number of aryl methyl sites for hydroxylation is 2. The molecule has 234 valence electrons. The molecule has 10 nitrogen and oxygen atoms in total. The van der Waals surface area contributed by atoms with Gasteiger partial charge in [-0.1, -0.05) is 50.1 Å². The van der Waals surface area contributed by atoms with Gasteiger partial charge in [-0.3, -0.25) is 9.69 Å². The van der Waals surface area contributed by atoms with E-state index in [4.69, 9.17) is 15.5 Å². The quantitative estimate of drug-likeness (QED) is 0.202. The number of pyridine rings is 1. The molecule has 0 bridgehead atoms. The summed E-state index contributed by atoms with van der Waals surface area (Å²) in [6.45, 7) is 6.24. The Balaban J connectivity index is 1.35. The fourth-order valence-corrected chi connectivity index (χ4v) is 5.90. The van der Waals surface area contributed by atoms with Crippen molar-refractivity contribution in [2.45, 2.75) is 65.0 Å². The number of likely N-dealkylation sites (tertiary alicyclic amines) is 1. The van der Waals surface area contributed by atoms with E-state index in [1.54, 1.807) is 0 Å². The fraction of sp³-hybridized carbons (Fsp3) is 0.471. The van der Waals surface area contributed by atoms with Crippen LogP contribution in [-0.2, 0) is 33.8 Å². The molecule has 4 aromatic rings. The number of aromatic nitrogens is 3.